The van der Waals surface area contributed by atoms with Crippen LogP contribution in [0.5, 0.6) is 0 Å². The highest BCUT2D eigenvalue weighted by Crippen LogP contribution is 2.26. The summed E-state index contributed by atoms with van der Waals surface area (Å²) in [4.78, 5) is 2.40. The molecule has 0 N–H and O–H groups in total. The van der Waals surface area contributed by atoms with Gasteiger partial charge < -0.3 is 4.74 Å². The maximum absolute atomic E-state index is 12.9. The van der Waals surface area contributed by atoms with E-state index in [-0.39, 0.29) is 11.9 Å². The minimum atomic E-state index is -0.184. The molecule has 1 saturated heterocycles. The summed E-state index contributed by atoms with van der Waals surface area (Å²) >= 11 is 0. The summed E-state index contributed by atoms with van der Waals surface area (Å²) in [5.74, 6) is -0.184. The molecule has 0 saturated carbocycles. The monoisotopic (exact) mass is 223 g/mol. The van der Waals surface area contributed by atoms with Crippen molar-refractivity contribution in [2.24, 2.45) is 0 Å². The lowest BCUT2D eigenvalue weighted by atomic mass is 10.0. The fourth-order valence-electron chi connectivity index (χ4n) is 2.21. The van der Waals surface area contributed by atoms with Crippen LogP contribution in [0.4, 0.5) is 4.39 Å². The molecule has 0 amide bonds. The van der Waals surface area contributed by atoms with Gasteiger partial charge in [0.2, 0.25) is 0 Å². The first-order valence-electron chi connectivity index (χ1n) is 5.77. The van der Waals surface area contributed by atoms with E-state index < -0.39 is 0 Å². The molecule has 1 aromatic rings. The summed E-state index contributed by atoms with van der Waals surface area (Å²) in [6.07, 6.45) is 0. The Bertz CT molecular complexity index is 336. The van der Waals surface area contributed by atoms with Crippen LogP contribution in [-0.4, -0.2) is 30.7 Å². The fraction of sp³-hybridized carbons (Fsp3) is 0.538. The molecule has 1 heterocycles. The highest BCUT2D eigenvalue weighted by Gasteiger charge is 2.26. The van der Waals surface area contributed by atoms with Crippen LogP contribution in [0.3, 0.4) is 0 Å². The van der Waals surface area contributed by atoms with Gasteiger partial charge in [-0.3, -0.25) is 4.90 Å². The summed E-state index contributed by atoms with van der Waals surface area (Å²) in [7, 11) is 0. The summed E-state index contributed by atoms with van der Waals surface area (Å²) in [6, 6.07) is 7.48. The van der Waals surface area contributed by atoms with Gasteiger partial charge >= 0.3 is 0 Å². The summed E-state index contributed by atoms with van der Waals surface area (Å²) in [5, 5.41) is 0. The van der Waals surface area contributed by atoms with E-state index in [0.717, 1.165) is 18.7 Å². The SMILES string of the molecule is CC(C)N1CCOCC1c1ccc(F)cc1. The molecule has 0 spiro atoms. The molecule has 2 nitrogen and oxygen atoms in total. The first-order chi connectivity index (χ1) is 7.68. The van der Waals surface area contributed by atoms with Crippen LogP contribution in [0.1, 0.15) is 25.5 Å². The van der Waals surface area contributed by atoms with Crippen LogP contribution in [0, 0.1) is 5.82 Å². The lowest BCUT2D eigenvalue weighted by Crippen LogP contribution is -2.43. The number of nitrogens with zero attached hydrogens (tertiary/aromatic N) is 1. The van der Waals surface area contributed by atoms with Crippen LogP contribution < -0.4 is 0 Å². The minimum Gasteiger partial charge on any atom is -0.378 e. The fourth-order valence-corrected chi connectivity index (χ4v) is 2.21. The Hall–Kier alpha value is -0.930. The molecule has 0 radical (unpaired) electrons. The molecule has 88 valence electrons. The van der Waals surface area contributed by atoms with Crippen molar-refractivity contribution in [1.29, 1.82) is 0 Å². The standard InChI is InChI=1S/C13H18FNO/c1-10(2)15-7-8-16-9-13(15)11-3-5-12(14)6-4-11/h3-6,10,13H,7-9H2,1-2H3. The number of halogens is 1. The summed E-state index contributed by atoms with van der Waals surface area (Å²) in [5.41, 5.74) is 1.13. The van der Waals surface area contributed by atoms with Gasteiger partial charge in [-0.25, -0.2) is 4.39 Å². The van der Waals surface area contributed by atoms with Crippen LogP contribution >= 0.6 is 0 Å². The number of morpholine rings is 1. The van der Waals surface area contributed by atoms with Gasteiger partial charge in [0.15, 0.2) is 0 Å². The van der Waals surface area contributed by atoms with Crippen LogP contribution in [0.25, 0.3) is 0 Å². The maximum atomic E-state index is 12.9. The van der Waals surface area contributed by atoms with Crippen molar-refractivity contribution in [3.8, 4) is 0 Å². The van der Waals surface area contributed by atoms with Gasteiger partial charge in [-0.15, -0.1) is 0 Å². The smallest absolute Gasteiger partial charge is 0.123 e. The highest BCUT2D eigenvalue weighted by molar-refractivity contribution is 5.20. The zero-order valence-electron chi connectivity index (χ0n) is 9.82. The first-order valence-corrected chi connectivity index (χ1v) is 5.77. The third-order valence-corrected chi connectivity index (χ3v) is 3.09. The van der Waals surface area contributed by atoms with E-state index in [4.69, 9.17) is 4.74 Å². The molecule has 0 bridgehead atoms. The molecule has 3 heteroatoms. The number of hydrogen-bond acceptors (Lipinski definition) is 2. The average Bonchev–Trinajstić information content (AvgIpc) is 2.30. The third-order valence-electron chi connectivity index (χ3n) is 3.09. The Balaban J connectivity index is 2.19. The molecular weight excluding hydrogens is 205 g/mol. The lowest BCUT2D eigenvalue weighted by Gasteiger charge is -2.38. The van der Waals surface area contributed by atoms with Crippen molar-refractivity contribution in [3.05, 3.63) is 35.6 Å². The van der Waals surface area contributed by atoms with Crippen LogP contribution in [0.2, 0.25) is 0 Å². The topological polar surface area (TPSA) is 12.5 Å². The van der Waals surface area contributed by atoms with E-state index in [2.05, 4.69) is 18.7 Å². The van der Waals surface area contributed by atoms with E-state index in [1.54, 1.807) is 0 Å². The Morgan fingerprint density at radius 1 is 1.31 bits per heavy atom. The van der Waals surface area contributed by atoms with Crippen LogP contribution in [0.15, 0.2) is 24.3 Å². The largest absolute Gasteiger partial charge is 0.378 e. The zero-order chi connectivity index (χ0) is 11.5. The Kier molecular flexibility index (Phi) is 3.56. The van der Waals surface area contributed by atoms with E-state index >= 15 is 0 Å². The molecule has 1 unspecified atom stereocenters. The normalized spacial score (nSPS) is 22.6. The van der Waals surface area contributed by atoms with Crippen LogP contribution in [-0.2, 0) is 4.74 Å². The van der Waals surface area contributed by atoms with E-state index in [1.165, 1.54) is 12.1 Å². The van der Waals surface area contributed by atoms with Crippen molar-refractivity contribution < 1.29 is 9.13 Å². The number of hydrogen-bond donors (Lipinski definition) is 0. The third kappa shape index (κ3) is 2.42. The molecule has 1 fully saturated rings. The Labute approximate surface area is 96.0 Å². The molecule has 1 aromatic carbocycles. The minimum absolute atomic E-state index is 0.184. The van der Waals surface area contributed by atoms with E-state index in [0.29, 0.717) is 12.6 Å². The van der Waals surface area contributed by atoms with Gasteiger partial charge in [0.1, 0.15) is 5.82 Å². The zero-order valence-corrected chi connectivity index (χ0v) is 9.82. The van der Waals surface area contributed by atoms with E-state index in [1.807, 2.05) is 12.1 Å². The Morgan fingerprint density at radius 3 is 2.62 bits per heavy atom. The molecule has 0 aliphatic carbocycles. The van der Waals surface area contributed by atoms with Gasteiger partial charge in [0.05, 0.1) is 19.3 Å². The number of benzene rings is 1. The molecule has 1 aliphatic rings. The van der Waals surface area contributed by atoms with Gasteiger partial charge in [0, 0.05) is 12.6 Å². The van der Waals surface area contributed by atoms with Gasteiger partial charge in [-0.05, 0) is 31.5 Å². The first kappa shape index (κ1) is 11.6. The lowest BCUT2D eigenvalue weighted by molar-refractivity contribution is -0.0233. The molecular formula is C13H18FNO. The maximum Gasteiger partial charge on any atom is 0.123 e. The molecule has 1 aliphatic heterocycles. The Morgan fingerprint density at radius 2 is 2.00 bits per heavy atom. The second kappa shape index (κ2) is 4.93. The highest BCUT2D eigenvalue weighted by atomic mass is 19.1. The predicted octanol–water partition coefficient (Wildman–Crippen LogP) is 2.61. The molecule has 1 atom stereocenters. The van der Waals surface area contributed by atoms with Crippen molar-refractivity contribution in [2.75, 3.05) is 19.8 Å². The second-order valence-electron chi connectivity index (χ2n) is 4.47. The average molecular weight is 223 g/mol. The van der Waals surface area contributed by atoms with Crippen molar-refractivity contribution in [2.45, 2.75) is 25.9 Å². The summed E-state index contributed by atoms with van der Waals surface area (Å²) in [6.45, 7) is 6.79. The predicted molar refractivity (Wildman–Crippen MR) is 61.8 cm³/mol. The second-order valence-corrected chi connectivity index (χ2v) is 4.47. The number of ether oxygens (including phenoxy) is 1. The summed E-state index contributed by atoms with van der Waals surface area (Å²) < 4.78 is 18.4. The van der Waals surface area contributed by atoms with Crippen molar-refractivity contribution >= 4 is 0 Å². The van der Waals surface area contributed by atoms with E-state index in [9.17, 15) is 4.39 Å². The van der Waals surface area contributed by atoms with Gasteiger partial charge in [-0.1, -0.05) is 12.1 Å². The van der Waals surface area contributed by atoms with Gasteiger partial charge in [-0.2, -0.15) is 0 Å². The molecule has 16 heavy (non-hydrogen) atoms. The molecule has 0 aromatic heterocycles. The molecule has 2 rings (SSSR count). The van der Waals surface area contributed by atoms with Crippen molar-refractivity contribution in [1.82, 2.24) is 4.90 Å². The van der Waals surface area contributed by atoms with Gasteiger partial charge in [0.25, 0.3) is 0 Å². The quantitative estimate of drug-likeness (QED) is 0.764. The van der Waals surface area contributed by atoms with Crippen molar-refractivity contribution in [3.63, 3.8) is 0 Å². The number of rotatable bonds is 2.